The normalized spacial score (nSPS) is 36.3. The minimum Gasteiger partial charge on any atom is -0.377 e. The largest absolute Gasteiger partial charge is 0.377 e. The molecule has 0 aromatic heterocycles. The highest BCUT2D eigenvalue weighted by Crippen LogP contribution is 2.31. The summed E-state index contributed by atoms with van der Waals surface area (Å²) in [5.41, 5.74) is 0.417. The quantitative estimate of drug-likeness (QED) is 0.582. The topological polar surface area (TPSA) is 21.3 Å². The molecule has 1 unspecified atom stereocenters. The van der Waals surface area contributed by atoms with Crippen molar-refractivity contribution in [2.45, 2.75) is 25.3 Å². The Bertz CT molecular complexity index is 131. The summed E-state index contributed by atoms with van der Waals surface area (Å²) in [6.07, 6.45) is 2.65. The third-order valence-electron chi connectivity index (χ3n) is 2.78. The maximum Gasteiger partial charge on any atom is 0.0672 e. The van der Waals surface area contributed by atoms with Crippen LogP contribution in [0.15, 0.2) is 0 Å². The van der Waals surface area contributed by atoms with E-state index < -0.39 is 0 Å². The van der Waals surface area contributed by atoms with E-state index in [9.17, 15) is 0 Å². The van der Waals surface area contributed by atoms with Crippen molar-refractivity contribution in [3.8, 4) is 0 Å². The van der Waals surface area contributed by atoms with Crippen LogP contribution in [0, 0.1) is 5.92 Å². The van der Waals surface area contributed by atoms with E-state index in [1.165, 1.54) is 19.4 Å². The van der Waals surface area contributed by atoms with Gasteiger partial charge in [-0.3, -0.25) is 0 Å². The van der Waals surface area contributed by atoms with Gasteiger partial charge in [0.1, 0.15) is 0 Å². The first-order valence-corrected chi connectivity index (χ1v) is 4.17. The van der Waals surface area contributed by atoms with Gasteiger partial charge >= 0.3 is 0 Å². The Balaban J connectivity index is 1.92. The molecular formula is C8H15NO. The molecule has 0 amide bonds. The third kappa shape index (κ3) is 0.867. The molecule has 0 bridgehead atoms. The van der Waals surface area contributed by atoms with E-state index in [1.807, 2.05) is 0 Å². The zero-order valence-corrected chi connectivity index (χ0v) is 6.52. The van der Waals surface area contributed by atoms with Crippen LogP contribution >= 0.6 is 0 Å². The highest BCUT2D eigenvalue weighted by molar-refractivity contribution is 5.00. The molecule has 58 valence electrons. The van der Waals surface area contributed by atoms with E-state index >= 15 is 0 Å². The molecule has 0 radical (unpaired) electrons. The van der Waals surface area contributed by atoms with Gasteiger partial charge in [-0.25, -0.2) is 0 Å². The highest BCUT2D eigenvalue weighted by Gasteiger charge is 2.43. The predicted octanol–water partition coefficient (Wildman–Crippen LogP) is 0.775. The number of rotatable bonds is 1. The fourth-order valence-corrected chi connectivity index (χ4v) is 1.91. The van der Waals surface area contributed by atoms with Crippen molar-refractivity contribution >= 4 is 0 Å². The van der Waals surface area contributed by atoms with Crippen molar-refractivity contribution in [2.24, 2.45) is 5.92 Å². The SMILES string of the molecule is CCC1CNC2(COC2)C1. The van der Waals surface area contributed by atoms with Crippen molar-refractivity contribution in [1.29, 1.82) is 0 Å². The summed E-state index contributed by atoms with van der Waals surface area (Å²) in [4.78, 5) is 0. The van der Waals surface area contributed by atoms with Crippen molar-refractivity contribution in [3.05, 3.63) is 0 Å². The fraction of sp³-hybridized carbons (Fsp3) is 1.00. The summed E-state index contributed by atoms with van der Waals surface area (Å²) < 4.78 is 5.19. The second kappa shape index (κ2) is 2.21. The van der Waals surface area contributed by atoms with E-state index in [0.717, 1.165) is 19.1 Å². The van der Waals surface area contributed by atoms with Crippen LogP contribution in [0.3, 0.4) is 0 Å². The lowest BCUT2D eigenvalue weighted by molar-refractivity contribution is -0.0659. The van der Waals surface area contributed by atoms with Gasteiger partial charge in [-0.15, -0.1) is 0 Å². The van der Waals surface area contributed by atoms with Crippen molar-refractivity contribution in [2.75, 3.05) is 19.8 Å². The van der Waals surface area contributed by atoms with Crippen molar-refractivity contribution in [1.82, 2.24) is 5.32 Å². The summed E-state index contributed by atoms with van der Waals surface area (Å²) in [6.45, 7) is 5.37. The maximum atomic E-state index is 5.19. The smallest absolute Gasteiger partial charge is 0.0672 e. The van der Waals surface area contributed by atoms with Crippen LogP contribution in [0.1, 0.15) is 19.8 Å². The molecule has 10 heavy (non-hydrogen) atoms. The highest BCUT2D eigenvalue weighted by atomic mass is 16.5. The molecular weight excluding hydrogens is 126 g/mol. The molecule has 2 saturated heterocycles. The van der Waals surface area contributed by atoms with Gasteiger partial charge in [-0.1, -0.05) is 13.3 Å². The number of hydrogen-bond donors (Lipinski definition) is 1. The summed E-state index contributed by atoms with van der Waals surface area (Å²) in [5, 5.41) is 3.55. The molecule has 0 aromatic rings. The molecule has 1 N–H and O–H groups in total. The van der Waals surface area contributed by atoms with Gasteiger partial charge < -0.3 is 10.1 Å². The molecule has 2 fully saturated rings. The summed E-state index contributed by atoms with van der Waals surface area (Å²) in [6, 6.07) is 0. The van der Waals surface area contributed by atoms with Gasteiger partial charge in [0, 0.05) is 0 Å². The molecule has 1 atom stereocenters. The van der Waals surface area contributed by atoms with Gasteiger partial charge in [0.25, 0.3) is 0 Å². The Morgan fingerprint density at radius 1 is 1.60 bits per heavy atom. The second-order valence-electron chi connectivity index (χ2n) is 3.63. The van der Waals surface area contributed by atoms with Gasteiger partial charge in [0.05, 0.1) is 18.8 Å². The molecule has 2 aliphatic rings. The Labute approximate surface area is 61.9 Å². The fourth-order valence-electron chi connectivity index (χ4n) is 1.91. The average molecular weight is 141 g/mol. The van der Waals surface area contributed by atoms with Gasteiger partial charge in [-0.05, 0) is 18.9 Å². The molecule has 0 aliphatic carbocycles. The van der Waals surface area contributed by atoms with Crippen LogP contribution < -0.4 is 5.32 Å². The standard InChI is InChI=1S/C8H15NO/c1-2-7-3-8(9-4-7)5-10-6-8/h7,9H,2-6H2,1H3. The third-order valence-corrected chi connectivity index (χ3v) is 2.78. The molecule has 1 spiro atoms. The monoisotopic (exact) mass is 141 g/mol. The van der Waals surface area contributed by atoms with Gasteiger partial charge in [0.15, 0.2) is 0 Å². The lowest BCUT2D eigenvalue weighted by Gasteiger charge is -2.38. The predicted molar refractivity (Wildman–Crippen MR) is 40.0 cm³/mol. The first-order valence-electron chi connectivity index (χ1n) is 4.17. The first-order chi connectivity index (χ1) is 4.85. The zero-order chi connectivity index (χ0) is 7.03. The Hall–Kier alpha value is -0.0800. The molecule has 2 rings (SSSR count). The Kier molecular flexibility index (Phi) is 1.46. The van der Waals surface area contributed by atoms with Crippen LogP contribution in [0.25, 0.3) is 0 Å². The van der Waals surface area contributed by atoms with E-state index in [4.69, 9.17) is 4.74 Å². The van der Waals surface area contributed by atoms with Crippen LogP contribution in [0.5, 0.6) is 0 Å². The molecule has 2 aliphatic heterocycles. The number of ether oxygens (including phenoxy) is 1. The van der Waals surface area contributed by atoms with Crippen LogP contribution in [-0.2, 0) is 4.74 Å². The minimum absolute atomic E-state index is 0.417. The van der Waals surface area contributed by atoms with Gasteiger partial charge in [0.2, 0.25) is 0 Å². The second-order valence-corrected chi connectivity index (χ2v) is 3.63. The van der Waals surface area contributed by atoms with Crippen molar-refractivity contribution < 1.29 is 4.74 Å². The van der Waals surface area contributed by atoms with E-state index in [-0.39, 0.29) is 0 Å². The van der Waals surface area contributed by atoms with Crippen LogP contribution in [0.2, 0.25) is 0 Å². The summed E-state index contributed by atoms with van der Waals surface area (Å²) in [5.74, 6) is 0.906. The van der Waals surface area contributed by atoms with E-state index in [0.29, 0.717) is 5.54 Å². The molecule has 0 aromatic carbocycles. The molecule has 2 heteroatoms. The molecule has 0 saturated carbocycles. The van der Waals surface area contributed by atoms with E-state index in [2.05, 4.69) is 12.2 Å². The Morgan fingerprint density at radius 2 is 2.40 bits per heavy atom. The first kappa shape index (κ1) is 6.62. The van der Waals surface area contributed by atoms with Crippen molar-refractivity contribution in [3.63, 3.8) is 0 Å². The summed E-state index contributed by atoms with van der Waals surface area (Å²) in [7, 11) is 0. The average Bonchev–Trinajstić information content (AvgIpc) is 2.29. The zero-order valence-electron chi connectivity index (χ0n) is 6.52. The molecule has 2 heterocycles. The Morgan fingerprint density at radius 3 is 2.70 bits per heavy atom. The number of hydrogen-bond acceptors (Lipinski definition) is 2. The maximum absolute atomic E-state index is 5.19. The van der Waals surface area contributed by atoms with Crippen LogP contribution in [0.4, 0.5) is 0 Å². The van der Waals surface area contributed by atoms with Crippen LogP contribution in [-0.4, -0.2) is 25.3 Å². The lowest BCUT2D eigenvalue weighted by Crippen LogP contribution is -2.56. The number of nitrogens with one attached hydrogen (secondary N) is 1. The van der Waals surface area contributed by atoms with E-state index in [1.54, 1.807) is 0 Å². The lowest BCUT2D eigenvalue weighted by atomic mass is 9.90. The molecule has 2 nitrogen and oxygen atoms in total. The minimum atomic E-state index is 0.417. The summed E-state index contributed by atoms with van der Waals surface area (Å²) >= 11 is 0. The van der Waals surface area contributed by atoms with Gasteiger partial charge in [-0.2, -0.15) is 0 Å².